The number of ketones is 1. The lowest BCUT2D eigenvalue weighted by molar-refractivity contribution is 0.0984. The van der Waals surface area contributed by atoms with Crippen LogP contribution in [0.25, 0.3) is 0 Å². The van der Waals surface area contributed by atoms with Gasteiger partial charge in [-0.2, -0.15) is 0 Å². The quantitative estimate of drug-likeness (QED) is 0.639. The second kappa shape index (κ2) is 3.69. The van der Waals surface area contributed by atoms with E-state index in [1.165, 1.54) is 6.07 Å². The van der Waals surface area contributed by atoms with Gasteiger partial charge in [-0.25, -0.2) is 4.39 Å². The van der Waals surface area contributed by atoms with Gasteiger partial charge < -0.3 is 0 Å². The summed E-state index contributed by atoms with van der Waals surface area (Å²) in [5, 5.41) is 0. The zero-order valence-corrected chi connectivity index (χ0v) is 8.15. The molecular formula is C11H13FO. The minimum Gasteiger partial charge on any atom is -0.294 e. The zero-order valence-electron chi connectivity index (χ0n) is 8.15. The van der Waals surface area contributed by atoms with Crippen molar-refractivity contribution in [1.82, 2.24) is 0 Å². The van der Waals surface area contributed by atoms with Crippen LogP contribution in [0.5, 0.6) is 0 Å². The third-order valence-corrected chi connectivity index (χ3v) is 2.20. The first-order valence-corrected chi connectivity index (χ1v) is 4.36. The Morgan fingerprint density at radius 1 is 1.31 bits per heavy atom. The van der Waals surface area contributed by atoms with Crippen LogP contribution in [0.1, 0.15) is 34.8 Å². The Bertz CT molecular complexity index is 342. The molecule has 0 radical (unpaired) electrons. The minimum atomic E-state index is -0.407. The Hall–Kier alpha value is -1.18. The number of rotatable bonds is 2. The molecule has 0 aliphatic heterocycles. The largest absolute Gasteiger partial charge is 0.294 e. The maximum absolute atomic E-state index is 13.2. The first-order valence-electron chi connectivity index (χ1n) is 4.36. The van der Waals surface area contributed by atoms with Crippen LogP contribution in [-0.2, 0) is 0 Å². The van der Waals surface area contributed by atoms with E-state index in [1.807, 2.05) is 13.8 Å². The Balaban J connectivity index is 3.23. The minimum absolute atomic E-state index is 0.138. The third-order valence-electron chi connectivity index (χ3n) is 2.20. The van der Waals surface area contributed by atoms with E-state index >= 15 is 0 Å². The topological polar surface area (TPSA) is 17.1 Å². The molecule has 0 aromatic heterocycles. The Kier molecular flexibility index (Phi) is 2.81. The summed E-state index contributed by atoms with van der Waals surface area (Å²) >= 11 is 0. The van der Waals surface area contributed by atoms with E-state index < -0.39 is 5.82 Å². The van der Waals surface area contributed by atoms with Gasteiger partial charge in [0.15, 0.2) is 5.78 Å². The summed E-state index contributed by atoms with van der Waals surface area (Å²) in [6.45, 7) is 5.44. The highest BCUT2D eigenvalue weighted by molar-refractivity contribution is 5.96. The van der Waals surface area contributed by atoms with Crippen molar-refractivity contribution in [2.45, 2.75) is 27.2 Å². The molecule has 13 heavy (non-hydrogen) atoms. The van der Waals surface area contributed by atoms with Crippen molar-refractivity contribution < 1.29 is 9.18 Å². The van der Waals surface area contributed by atoms with E-state index in [9.17, 15) is 9.18 Å². The summed E-state index contributed by atoms with van der Waals surface area (Å²) < 4.78 is 13.2. The second-order valence-electron chi connectivity index (χ2n) is 3.19. The van der Waals surface area contributed by atoms with E-state index in [0.717, 1.165) is 11.1 Å². The van der Waals surface area contributed by atoms with Crippen LogP contribution in [0.2, 0.25) is 0 Å². The molecule has 0 aliphatic carbocycles. The average molecular weight is 180 g/mol. The van der Waals surface area contributed by atoms with Crippen molar-refractivity contribution in [2.75, 3.05) is 0 Å². The highest BCUT2D eigenvalue weighted by Gasteiger charge is 2.10. The summed E-state index contributed by atoms with van der Waals surface area (Å²) in [4.78, 5) is 11.3. The first-order chi connectivity index (χ1) is 6.06. The molecular weight excluding hydrogens is 167 g/mol. The summed E-state index contributed by atoms with van der Waals surface area (Å²) in [6, 6.07) is 3.04. The molecule has 0 spiro atoms. The SMILES string of the molecule is CCC(=O)c1cc(C)c(C)cc1F. The van der Waals surface area contributed by atoms with Crippen LogP contribution in [0.15, 0.2) is 12.1 Å². The number of carbonyl (C=O) groups is 1. The van der Waals surface area contributed by atoms with Gasteiger partial charge in [0.25, 0.3) is 0 Å². The summed E-state index contributed by atoms with van der Waals surface area (Å²) in [7, 11) is 0. The fourth-order valence-electron chi connectivity index (χ4n) is 1.19. The molecule has 1 rings (SSSR count). The van der Waals surface area contributed by atoms with Crippen LogP contribution >= 0.6 is 0 Å². The lowest BCUT2D eigenvalue weighted by Crippen LogP contribution is -2.02. The van der Waals surface area contributed by atoms with Crippen molar-refractivity contribution in [3.05, 3.63) is 34.6 Å². The van der Waals surface area contributed by atoms with Crippen molar-refractivity contribution in [3.8, 4) is 0 Å². The molecule has 1 aromatic rings. The van der Waals surface area contributed by atoms with E-state index in [2.05, 4.69) is 0 Å². The Labute approximate surface area is 77.6 Å². The molecule has 2 heteroatoms. The summed E-state index contributed by atoms with van der Waals surface area (Å²) in [5.74, 6) is -0.546. The smallest absolute Gasteiger partial charge is 0.165 e. The molecule has 0 bridgehead atoms. The molecule has 1 aromatic carbocycles. The van der Waals surface area contributed by atoms with Crippen molar-refractivity contribution in [2.24, 2.45) is 0 Å². The number of halogens is 1. The van der Waals surface area contributed by atoms with E-state index in [0.29, 0.717) is 6.42 Å². The van der Waals surface area contributed by atoms with E-state index in [4.69, 9.17) is 0 Å². The number of hydrogen-bond acceptors (Lipinski definition) is 1. The van der Waals surface area contributed by atoms with Gasteiger partial charge in [0.2, 0.25) is 0 Å². The van der Waals surface area contributed by atoms with E-state index in [1.54, 1.807) is 13.0 Å². The lowest BCUT2D eigenvalue weighted by Gasteiger charge is -2.04. The van der Waals surface area contributed by atoms with Crippen molar-refractivity contribution in [3.63, 3.8) is 0 Å². The maximum atomic E-state index is 13.2. The number of Topliss-reactive ketones (excluding diaryl/α,β-unsaturated/α-hetero) is 1. The van der Waals surface area contributed by atoms with Gasteiger partial charge in [0, 0.05) is 6.42 Å². The molecule has 0 saturated carbocycles. The zero-order chi connectivity index (χ0) is 10.0. The molecule has 0 amide bonds. The standard InChI is InChI=1S/C11H13FO/c1-4-11(13)9-5-7(2)8(3)6-10(9)12/h5-6H,4H2,1-3H3. The maximum Gasteiger partial charge on any atom is 0.165 e. The van der Waals surface area contributed by atoms with Crippen molar-refractivity contribution in [1.29, 1.82) is 0 Å². The third kappa shape index (κ3) is 1.94. The van der Waals surface area contributed by atoms with Gasteiger partial charge in [-0.1, -0.05) is 6.92 Å². The normalized spacial score (nSPS) is 10.2. The number of hydrogen-bond donors (Lipinski definition) is 0. The molecule has 0 N–H and O–H groups in total. The Morgan fingerprint density at radius 2 is 1.85 bits per heavy atom. The molecule has 1 nitrogen and oxygen atoms in total. The molecule has 0 aliphatic rings. The number of aryl methyl sites for hydroxylation is 2. The molecule has 0 atom stereocenters. The van der Waals surface area contributed by atoms with Crippen molar-refractivity contribution >= 4 is 5.78 Å². The number of benzene rings is 1. The predicted octanol–water partition coefficient (Wildman–Crippen LogP) is 3.04. The second-order valence-corrected chi connectivity index (χ2v) is 3.19. The van der Waals surface area contributed by atoms with Crippen LogP contribution < -0.4 is 0 Å². The highest BCUT2D eigenvalue weighted by atomic mass is 19.1. The predicted molar refractivity (Wildman–Crippen MR) is 50.5 cm³/mol. The highest BCUT2D eigenvalue weighted by Crippen LogP contribution is 2.15. The molecule has 0 heterocycles. The number of carbonyl (C=O) groups excluding carboxylic acids is 1. The van der Waals surface area contributed by atoms with Gasteiger partial charge in [-0.3, -0.25) is 4.79 Å². The Morgan fingerprint density at radius 3 is 2.38 bits per heavy atom. The van der Waals surface area contributed by atoms with Gasteiger partial charge >= 0.3 is 0 Å². The monoisotopic (exact) mass is 180 g/mol. The van der Waals surface area contributed by atoms with Gasteiger partial charge in [-0.05, 0) is 37.1 Å². The van der Waals surface area contributed by atoms with Crippen LogP contribution in [-0.4, -0.2) is 5.78 Å². The van der Waals surface area contributed by atoms with Crippen LogP contribution in [0.3, 0.4) is 0 Å². The van der Waals surface area contributed by atoms with E-state index in [-0.39, 0.29) is 11.3 Å². The fraction of sp³-hybridized carbons (Fsp3) is 0.364. The molecule has 0 unspecified atom stereocenters. The molecule has 0 saturated heterocycles. The first kappa shape index (κ1) is 9.90. The molecule has 70 valence electrons. The summed E-state index contributed by atoms with van der Waals surface area (Å²) in [5.41, 5.74) is 2.05. The van der Waals surface area contributed by atoms with Crippen LogP contribution in [0, 0.1) is 19.7 Å². The lowest BCUT2D eigenvalue weighted by atomic mass is 10.0. The summed E-state index contributed by atoms with van der Waals surface area (Å²) in [6.07, 6.45) is 0.347. The van der Waals surface area contributed by atoms with Gasteiger partial charge in [-0.15, -0.1) is 0 Å². The fourth-order valence-corrected chi connectivity index (χ4v) is 1.19. The van der Waals surface area contributed by atoms with Gasteiger partial charge in [0.05, 0.1) is 5.56 Å². The average Bonchev–Trinajstić information content (AvgIpc) is 2.10. The molecule has 0 fully saturated rings. The van der Waals surface area contributed by atoms with Crippen LogP contribution in [0.4, 0.5) is 4.39 Å². The van der Waals surface area contributed by atoms with Gasteiger partial charge in [0.1, 0.15) is 5.82 Å².